The van der Waals surface area contributed by atoms with Gasteiger partial charge in [-0.05, 0) is 6.07 Å². The van der Waals surface area contributed by atoms with Gasteiger partial charge < -0.3 is 10.1 Å². The number of ether oxygens (including phenoxy) is 1. The smallest absolute Gasteiger partial charge is 0.272 e. The Morgan fingerprint density at radius 1 is 1.33 bits per heavy atom. The van der Waals surface area contributed by atoms with Crippen LogP contribution in [0, 0.1) is 0 Å². The molecule has 0 aliphatic carbocycles. The van der Waals surface area contributed by atoms with E-state index in [4.69, 9.17) is 4.74 Å². The lowest BCUT2D eigenvalue weighted by Crippen LogP contribution is -2.48. The second-order valence-corrected chi connectivity index (χ2v) is 4.15. The van der Waals surface area contributed by atoms with Crippen LogP contribution in [0.25, 0.3) is 10.8 Å². The lowest BCUT2D eigenvalue weighted by molar-refractivity contribution is -0.00353. The third-order valence-electron chi connectivity index (χ3n) is 2.88. The number of hydrogen-bond donors (Lipinski definition) is 2. The van der Waals surface area contributed by atoms with Gasteiger partial charge in [0.25, 0.3) is 11.5 Å². The first-order chi connectivity index (χ1) is 8.75. The Balaban J connectivity index is 2.03. The van der Waals surface area contributed by atoms with Crippen molar-refractivity contribution in [3.05, 3.63) is 40.3 Å². The Kier molecular flexibility index (Phi) is 2.56. The fourth-order valence-corrected chi connectivity index (χ4v) is 1.86. The SMILES string of the molecule is O=C(NC1COC1)c1n[nH]c(=O)c2ccccc12. The fourth-order valence-electron chi connectivity index (χ4n) is 1.86. The molecule has 1 fully saturated rings. The molecule has 2 aromatic rings. The second kappa shape index (κ2) is 4.23. The number of carbonyl (C=O) groups is 1. The van der Waals surface area contributed by atoms with Crippen molar-refractivity contribution in [2.24, 2.45) is 0 Å². The van der Waals surface area contributed by atoms with Crippen molar-refractivity contribution in [1.82, 2.24) is 15.5 Å². The second-order valence-electron chi connectivity index (χ2n) is 4.15. The summed E-state index contributed by atoms with van der Waals surface area (Å²) in [5.74, 6) is -0.296. The van der Waals surface area contributed by atoms with Crippen LogP contribution in [0.5, 0.6) is 0 Å². The molecule has 1 aromatic heterocycles. The molecule has 1 saturated heterocycles. The van der Waals surface area contributed by atoms with Gasteiger partial charge in [0.1, 0.15) is 0 Å². The van der Waals surface area contributed by atoms with Gasteiger partial charge in [0.05, 0.1) is 24.6 Å². The Morgan fingerprint density at radius 2 is 2.06 bits per heavy atom. The number of nitrogens with zero attached hydrogens (tertiary/aromatic N) is 1. The number of amides is 1. The van der Waals surface area contributed by atoms with Crippen molar-refractivity contribution in [3.63, 3.8) is 0 Å². The standard InChI is InChI=1S/C12H11N3O3/c16-11-9-4-2-1-3-8(9)10(14-15-11)12(17)13-7-5-18-6-7/h1-4,7H,5-6H2,(H,13,17)(H,15,16). The number of fused-ring (bicyclic) bond motifs is 1. The molecule has 2 N–H and O–H groups in total. The van der Waals surface area contributed by atoms with Crippen LogP contribution in [0.1, 0.15) is 10.5 Å². The maximum atomic E-state index is 12.0. The third kappa shape index (κ3) is 1.76. The minimum atomic E-state index is -0.297. The highest BCUT2D eigenvalue weighted by molar-refractivity contribution is 6.04. The lowest BCUT2D eigenvalue weighted by atomic mass is 10.1. The molecular weight excluding hydrogens is 234 g/mol. The van der Waals surface area contributed by atoms with Gasteiger partial charge in [0.15, 0.2) is 5.69 Å². The minimum Gasteiger partial charge on any atom is -0.377 e. The number of H-pyrrole nitrogens is 1. The van der Waals surface area contributed by atoms with Gasteiger partial charge in [-0.15, -0.1) is 0 Å². The van der Waals surface area contributed by atoms with E-state index in [0.717, 1.165) is 0 Å². The van der Waals surface area contributed by atoms with Crippen molar-refractivity contribution < 1.29 is 9.53 Å². The average molecular weight is 245 g/mol. The summed E-state index contributed by atoms with van der Waals surface area (Å²) >= 11 is 0. The molecule has 1 aliphatic rings. The number of nitrogens with one attached hydrogen (secondary N) is 2. The van der Waals surface area contributed by atoms with E-state index in [-0.39, 0.29) is 23.2 Å². The van der Waals surface area contributed by atoms with Gasteiger partial charge in [0, 0.05) is 5.39 Å². The summed E-state index contributed by atoms with van der Waals surface area (Å²) in [6.07, 6.45) is 0. The zero-order valence-electron chi connectivity index (χ0n) is 9.47. The molecule has 2 heterocycles. The largest absolute Gasteiger partial charge is 0.377 e. The zero-order chi connectivity index (χ0) is 12.5. The number of hydrogen-bond acceptors (Lipinski definition) is 4. The maximum absolute atomic E-state index is 12.0. The van der Waals surface area contributed by atoms with E-state index in [9.17, 15) is 9.59 Å². The summed E-state index contributed by atoms with van der Waals surface area (Å²) in [7, 11) is 0. The summed E-state index contributed by atoms with van der Waals surface area (Å²) in [5.41, 5.74) is -0.0637. The number of benzene rings is 1. The molecule has 0 spiro atoms. The predicted molar refractivity (Wildman–Crippen MR) is 64.4 cm³/mol. The Labute approximate surface area is 102 Å². The van der Waals surface area contributed by atoms with Crippen molar-refractivity contribution in [2.75, 3.05) is 13.2 Å². The van der Waals surface area contributed by atoms with Gasteiger partial charge in [0.2, 0.25) is 0 Å². The van der Waals surface area contributed by atoms with Crippen molar-refractivity contribution in [2.45, 2.75) is 6.04 Å². The highest BCUT2D eigenvalue weighted by atomic mass is 16.5. The summed E-state index contributed by atoms with van der Waals surface area (Å²) in [5, 5.41) is 9.97. The molecule has 1 amide bonds. The monoisotopic (exact) mass is 245 g/mol. The van der Waals surface area contributed by atoms with Gasteiger partial charge in [-0.3, -0.25) is 9.59 Å². The van der Waals surface area contributed by atoms with Crippen LogP contribution in [-0.4, -0.2) is 35.4 Å². The van der Waals surface area contributed by atoms with Crippen LogP contribution < -0.4 is 10.9 Å². The summed E-state index contributed by atoms with van der Waals surface area (Å²) < 4.78 is 4.99. The number of aromatic nitrogens is 2. The summed E-state index contributed by atoms with van der Waals surface area (Å²) in [6, 6.07) is 6.93. The topological polar surface area (TPSA) is 84.1 Å². The number of aromatic amines is 1. The van der Waals surface area contributed by atoms with Crippen LogP contribution in [0.15, 0.2) is 29.1 Å². The van der Waals surface area contributed by atoms with Crippen LogP contribution in [-0.2, 0) is 4.74 Å². The molecule has 0 unspecified atom stereocenters. The van der Waals surface area contributed by atoms with E-state index in [1.807, 2.05) is 0 Å². The Morgan fingerprint density at radius 3 is 2.72 bits per heavy atom. The molecule has 18 heavy (non-hydrogen) atoms. The van der Waals surface area contributed by atoms with Crippen LogP contribution in [0.4, 0.5) is 0 Å². The highest BCUT2D eigenvalue weighted by Crippen LogP contribution is 2.12. The summed E-state index contributed by atoms with van der Waals surface area (Å²) in [4.78, 5) is 23.6. The van der Waals surface area contributed by atoms with Gasteiger partial charge in [-0.1, -0.05) is 18.2 Å². The quantitative estimate of drug-likeness (QED) is 0.783. The van der Waals surface area contributed by atoms with E-state index in [2.05, 4.69) is 15.5 Å². The molecule has 0 bridgehead atoms. The van der Waals surface area contributed by atoms with Crippen molar-refractivity contribution in [3.8, 4) is 0 Å². The molecule has 1 aliphatic heterocycles. The first kappa shape index (κ1) is 10.9. The molecule has 0 atom stereocenters. The summed E-state index contributed by atoms with van der Waals surface area (Å²) in [6.45, 7) is 1.04. The van der Waals surface area contributed by atoms with Gasteiger partial charge >= 0.3 is 0 Å². The van der Waals surface area contributed by atoms with Crippen molar-refractivity contribution >= 4 is 16.7 Å². The highest BCUT2D eigenvalue weighted by Gasteiger charge is 2.23. The fraction of sp³-hybridized carbons (Fsp3) is 0.250. The lowest BCUT2D eigenvalue weighted by Gasteiger charge is -2.26. The van der Waals surface area contributed by atoms with E-state index in [1.54, 1.807) is 24.3 Å². The first-order valence-electron chi connectivity index (χ1n) is 5.62. The number of carbonyl (C=O) groups excluding carboxylic acids is 1. The molecule has 0 radical (unpaired) electrons. The molecular formula is C12H11N3O3. The molecule has 3 rings (SSSR count). The Bertz CT molecular complexity index is 661. The normalized spacial score (nSPS) is 15.3. The first-order valence-corrected chi connectivity index (χ1v) is 5.62. The maximum Gasteiger partial charge on any atom is 0.272 e. The van der Waals surface area contributed by atoms with E-state index < -0.39 is 0 Å². The van der Waals surface area contributed by atoms with E-state index in [0.29, 0.717) is 24.0 Å². The van der Waals surface area contributed by atoms with Gasteiger partial charge in [-0.2, -0.15) is 5.10 Å². The van der Waals surface area contributed by atoms with Gasteiger partial charge in [-0.25, -0.2) is 5.10 Å². The molecule has 1 aromatic carbocycles. The van der Waals surface area contributed by atoms with Crippen LogP contribution in [0.2, 0.25) is 0 Å². The minimum absolute atomic E-state index is 0.0324. The van der Waals surface area contributed by atoms with E-state index in [1.165, 1.54) is 0 Å². The molecule has 6 heteroatoms. The number of rotatable bonds is 2. The van der Waals surface area contributed by atoms with Crippen LogP contribution in [0.3, 0.4) is 0 Å². The molecule has 92 valence electrons. The zero-order valence-corrected chi connectivity index (χ0v) is 9.47. The average Bonchev–Trinajstić information content (AvgIpc) is 2.34. The molecule has 0 saturated carbocycles. The third-order valence-corrected chi connectivity index (χ3v) is 2.88. The van der Waals surface area contributed by atoms with Crippen LogP contribution >= 0.6 is 0 Å². The molecule has 6 nitrogen and oxygen atoms in total. The Hall–Kier alpha value is -2.21. The van der Waals surface area contributed by atoms with E-state index >= 15 is 0 Å². The predicted octanol–water partition coefficient (Wildman–Crippen LogP) is 0.0517. The van der Waals surface area contributed by atoms with Crippen molar-refractivity contribution in [1.29, 1.82) is 0 Å².